The summed E-state index contributed by atoms with van der Waals surface area (Å²) in [5.74, 6) is -2.18. The van der Waals surface area contributed by atoms with Gasteiger partial charge in [-0.3, -0.25) is 19.2 Å². The zero-order chi connectivity index (χ0) is 21.6. The van der Waals surface area contributed by atoms with E-state index in [9.17, 15) is 19.2 Å². The Morgan fingerprint density at radius 3 is 2.07 bits per heavy atom. The summed E-state index contributed by atoms with van der Waals surface area (Å²) >= 11 is 0. The summed E-state index contributed by atoms with van der Waals surface area (Å²) in [6.45, 7) is 4.80. The molecule has 2 rings (SSSR count). The molecule has 2 heterocycles. The predicted octanol–water partition coefficient (Wildman–Crippen LogP) is -0.465. The van der Waals surface area contributed by atoms with E-state index in [1.165, 1.54) is 38.6 Å². The molecule has 0 saturated carbocycles. The maximum atomic E-state index is 11.6. The van der Waals surface area contributed by atoms with Crippen LogP contribution in [0.5, 0.6) is 0 Å². The average molecular weight is 413 g/mol. The highest BCUT2D eigenvalue weighted by molar-refractivity contribution is 5.68. The number of hydrogen-bond donors (Lipinski definition) is 0. The van der Waals surface area contributed by atoms with Gasteiger partial charge in [0.15, 0.2) is 12.2 Å². The quantitative estimate of drug-likeness (QED) is 0.403. The molecular weight excluding hydrogens is 390 g/mol. The van der Waals surface area contributed by atoms with E-state index in [1.54, 1.807) is 0 Å². The van der Waals surface area contributed by atoms with Gasteiger partial charge >= 0.3 is 23.9 Å². The van der Waals surface area contributed by atoms with Crippen LogP contribution in [0, 0.1) is 0 Å². The van der Waals surface area contributed by atoms with Crippen LogP contribution in [-0.2, 0) is 56.0 Å². The standard InChI is InChI=1S/C17H23N3O9/c1-9(21)25-7-13-5-20(19-18-13)6-14-16(27-11(3)23)17(28-12(4)24)15(29-14)8-26-10(2)22/h5,14-17H,6-8H2,1-4H3/t14-,15+,16+,17+/m0/s1. The van der Waals surface area contributed by atoms with E-state index in [2.05, 4.69) is 10.3 Å². The van der Waals surface area contributed by atoms with Crippen LogP contribution in [0.25, 0.3) is 0 Å². The second-order valence-electron chi connectivity index (χ2n) is 6.38. The third-order valence-corrected chi connectivity index (χ3v) is 3.84. The van der Waals surface area contributed by atoms with Crippen molar-refractivity contribution in [1.82, 2.24) is 15.0 Å². The van der Waals surface area contributed by atoms with Crippen LogP contribution in [0.2, 0.25) is 0 Å². The minimum absolute atomic E-state index is 0.0423. The summed E-state index contributed by atoms with van der Waals surface area (Å²) in [5.41, 5.74) is 0.412. The first-order valence-electron chi connectivity index (χ1n) is 8.81. The van der Waals surface area contributed by atoms with E-state index in [1.807, 2.05) is 0 Å². The molecule has 0 amide bonds. The van der Waals surface area contributed by atoms with Gasteiger partial charge in [0.1, 0.15) is 31.1 Å². The summed E-state index contributed by atoms with van der Waals surface area (Å²) in [4.78, 5) is 45.1. The lowest BCUT2D eigenvalue weighted by atomic mass is 10.1. The van der Waals surface area contributed by atoms with Crippen molar-refractivity contribution in [1.29, 1.82) is 0 Å². The second-order valence-corrected chi connectivity index (χ2v) is 6.38. The van der Waals surface area contributed by atoms with Gasteiger partial charge in [0.25, 0.3) is 0 Å². The van der Waals surface area contributed by atoms with E-state index >= 15 is 0 Å². The van der Waals surface area contributed by atoms with Crippen molar-refractivity contribution in [2.75, 3.05) is 6.61 Å². The highest BCUT2D eigenvalue weighted by Crippen LogP contribution is 2.28. The zero-order valence-corrected chi connectivity index (χ0v) is 16.5. The van der Waals surface area contributed by atoms with Gasteiger partial charge in [0, 0.05) is 27.7 Å². The molecule has 29 heavy (non-hydrogen) atoms. The summed E-state index contributed by atoms with van der Waals surface area (Å²) in [6.07, 6.45) is -1.96. The van der Waals surface area contributed by atoms with Crippen molar-refractivity contribution in [2.45, 2.75) is 65.3 Å². The van der Waals surface area contributed by atoms with Gasteiger partial charge in [0.2, 0.25) is 0 Å². The van der Waals surface area contributed by atoms with E-state index in [0.717, 1.165) is 0 Å². The van der Waals surface area contributed by atoms with Gasteiger partial charge in [-0.25, -0.2) is 4.68 Å². The van der Waals surface area contributed by atoms with Gasteiger partial charge < -0.3 is 23.7 Å². The molecule has 160 valence electrons. The van der Waals surface area contributed by atoms with E-state index < -0.39 is 48.3 Å². The maximum absolute atomic E-state index is 11.6. The summed E-state index contributed by atoms with van der Waals surface area (Å²) < 4.78 is 27.7. The van der Waals surface area contributed by atoms with E-state index in [0.29, 0.717) is 5.69 Å². The fourth-order valence-corrected chi connectivity index (χ4v) is 2.81. The van der Waals surface area contributed by atoms with Crippen LogP contribution < -0.4 is 0 Å². The molecule has 0 unspecified atom stereocenters. The highest BCUT2D eigenvalue weighted by atomic mass is 16.6. The van der Waals surface area contributed by atoms with Crippen molar-refractivity contribution in [2.24, 2.45) is 0 Å². The van der Waals surface area contributed by atoms with Crippen LogP contribution in [0.1, 0.15) is 33.4 Å². The molecule has 1 aliphatic rings. The molecular formula is C17H23N3O9. The van der Waals surface area contributed by atoms with E-state index in [-0.39, 0.29) is 19.8 Å². The first-order chi connectivity index (χ1) is 13.7. The third kappa shape index (κ3) is 6.82. The molecule has 0 bridgehead atoms. The predicted molar refractivity (Wildman–Crippen MR) is 91.9 cm³/mol. The Morgan fingerprint density at radius 1 is 0.931 bits per heavy atom. The van der Waals surface area contributed by atoms with Crippen LogP contribution in [0.3, 0.4) is 0 Å². The Hall–Kier alpha value is -3.02. The Kier molecular flexibility index (Phi) is 7.65. The smallest absolute Gasteiger partial charge is 0.303 e. The van der Waals surface area contributed by atoms with E-state index in [4.69, 9.17) is 23.7 Å². The molecule has 0 radical (unpaired) electrons. The number of esters is 4. The monoisotopic (exact) mass is 413 g/mol. The molecule has 12 heteroatoms. The minimum Gasteiger partial charge on any atom is -0.463 e. The van der Waals surface area contributed by atoms with Crippen LogP contribution >= 0.6 is 0 Å². The van der Waals surface area contributed by atoms with Crippen LogP contribution in [0.4, 0.5) is 0 Å². The lowest BCUT2D eigenvalue weighted by Gasteiger charge is -2.23. The third-order valence-electron chi connectivity index (χ3n) is 3.84. The van der Waals surface area contributed by atoms with Crippen molar-refractivity contribution in [3.05, 3.63) is 11.9 Å². The first kappa shape index (κ1) is 22.3. The number of rotatable bonds is 8. The highest BCUT2D eigenvalue weighted by Gasteiger charge is 2.49. The molecule has 0 N–H and O–H groups in total. The molecule has 1 aliphatic heterocycles. The topological polar surface area (TPSA) is 145 Å². The Labute approximate surface area is 166 Å². The summed E-state index contributed by atoms with van der Waals surface area (Å²) in [6, 6.07) is 0. The van der Waals surface area contributed by atoms with Gasteiger partial charge in [-0.2, -0.15) is 0 Å². The SMILES string of the molecule is CC(=O)OCc1cn(C[C@@H]2O[C@H](COC(C)=O)[C@@H](OC(C)=O)[C@@H]2OC(C)=O)nn1. The number of nitrogens with zero attached hydrogens (tertiary/aromatic N) is 3. The second kappa shape index (κ2) is 9.96. The maximum Gasteiger partial charge on any atom is 0.303 e. The van der Waals surface area contributed by atoms with Crippen LogP contribution in [0.15, 0.2) is 6.20 Å². The number of carbonyl (C=O) groups is 4. The normalized spacial score (nSPS) is 23.3. The molecule has 0 spiro atoms. The molecule has 1 aromatic heterocycles. The first-order valence-corrected chi connectivity index (χ1v) is 8.81. The number of aromatic nitrogens is 3. The number of hydrogen-bond acceptors (Lipinski definition) is 11. The van der Waals surface area contributed by atoms with Crippen molar-refractivity contribution in [3.63, 3.8) is 0 Å². The summed E-state index contributed by atoms with van der Waals surface area (Å²) in [5, 5.41) is 7.80. The number of carbonyl (C=O) groups excluding carboxylic acids is 4. The largest absolute Gasteiger partial charge is 0.463 e. The molecule has 12 nitrogen and oxygen atoms in total. The fourth-order valence-electron chi connectivity index (χ4n) is 2.81. The average Bonchev–Trinajstić information content (AvgIpc) is 3.17. The Bertz CT molecular complexity index is 763. The van der Waals surface area contributed by atoms with Crippen molar-refractivity contribution < 1.29 is 42.9 Å². The minimum atomic E-state index is -0.968. The Balaban J connectivity index is 2.16. The lowest BCUT2D eigenvalue weighted by Crippen LogP contribution is -2.42. The summed E-state index contributed by atoms with van der Waals surface area (Å²) in [7, 11) is 0. The fraction of sp³-hybridized carbons (Fsp3) is 0.647. The van der Waals surface area contributed by atoms with Gasteiger partial charge in [-0.15, -0.1) is 5.10 Å². The lowest BCUT2D eigenvalue weighted by molar-refractivity contribution is -0.165. The van der Waals surface area contributed by atoms with Gasteiger partial charge in [-0.05, 0) is 0 Å². The molecule has 4 atom stereocenters. The molecule has 0 aliphatic carbocycles. The molecule has 0 aromatic carbocycles. The van der Waals surface area contributed by atoms with Gasteiger partial charge in [0.05, 0.1) is 12.7 Å². The number of ether oxygens (including phenoxy) is 5. The zero-order valence-electron chi connectivity index (χ0n) is 16.5. The molecule has 1 saturated heterocycles. The van der Waals surface area contributed by atoms with Crippen LogP contribution in [-0.4, -0.2) is 69.9 Å². The van der Waals surface area contributed by atoms with Crippen molar-refractivity contribution in [3.8, 4) is 0 Å². The van der Waals surface area contributed by atoms with Crippen molar-refractivity contribution >= 4 is 23.9 Å². The Morgan fingerprint density at radius 2 is 1.52 bits per heavy atom. The van der Waals surface area contributed by atoms with Gasteiger partial charge in [-0.1, -0.05) is 5.21 Å². The molecule has 1 fully saturated rings. The molecule has 1 aromatic rings.